The van der Waals surface area contributed by atoms with E-state index in [1.807, 2.05) is 30.3 Å². The summed E-state index contributed by atoms with van der Waals surface area (Å²) in [5.41, 5.74) is 1.18. The van der Waals surface area contributed by atoms with Crippen molar-refractivity contribution in [1.82, 2.24) is 20.3 Å². The molecule has 4 rings (SSSR count). The third-order valence-corrected chi connectivity index (χ3v) is 6.87. The molecule has 0 aliphatic heterocycles. The maximum atomic E-state index is 12.3. The molecule has 0 atom stereocenters. The van der Waals surface area contributed by atoms with Gasteiger partial charge in [0.1, 0.15) is 12.2 Å². The molecule has 9 heteroatoms. The van der Waals surface area contributed by atoms with Gasteiger partial charge in [0.25, 0.3) is 5.88 Å². The van der Waals surface area contributed by atoms with Crippen LogP contribution in [-0.2, 0) is 4.79 Å². The number of amides is 1. The molecule has 0 spiro atoms. The fourth-order valence-corrected chi connectivity index (χ4v) is 5.16. The maximum Gasteiger partial charge on any atom is 0.251 e. The molecule has 1 aliphatic rings. The topological polar surface area (TPSA) is 101 Å². The van der Waals surface area contributed by atoms with Crippen molar-refractivity contribution in [2.75, 3.05) is 5.75 Å². The van der Waals surface area contributed by atoms with Crippen LogP contribution in [0.4, 0.5) is 0 Å². The molecule has 1 amide bonds. The van der Waals surface area contributed by atoms with E-state index in [0.29, 0.717) is 5.75 Å². The molecule has 1 aromatic carbocycles. The number of nitrogens with zero attached hydrogens (tertiary/aromatic N) is 4. The standard InChI is InChI=1S/C20H19N5O2S2/c21-11-16-19(23-10-9-22-16)27-14-7-5-13(6-8-14)24-18(26)12-28-20-25-15-3-1-2-4-17(15)29-20/h1-4,9-10,13-14H,5-8,12H2,(H,24,26). The molecule has 1 aliphatic carbocycles. The highest BCUT2D eigenvalue weighted by molar-refractivity contribution is 8.01. The molecule has 7 nitrogen and oxygen atoms in total. The highest BCUT2D eigenvalue weighted by atomic mass is 32.2. The Hall–Kier alpha value is -2.70. The van der Waals surface area contributed by atoms with Crippen molar-refractivity contribution in [3.63, 3.8) is 0 Å². The average Bonchev–Trinajstić information content (AvgIpc) is 3.17. The third kappa shape index (κ3) is 5.02. The van der Waals surface area contributed by atoms with Gasteiger partial charge in [-0.15, -0.1) is 11.3 Å². The van der Waals surface area contributed by atoms with Crippen LogP contribution in [0.25, 0.3) is 10.2 Å². The van der Waals surface area contributed by atoms with Crippen molar-refractivity contribution in [2.24, 2.45) is 0 Å². The van der Waals surface area contributed by atoms with Gasteiger partial charge in [0.2, 0.25) is 11.6 Å². The lowest BCUT2D eigenvalue weighted by atomic mass is 9.93. The van der Waals surface area contributed by atoms with E-state index in [2.05, 4.69) is 20.3 Å². The van der Waals surface area contributed by atoms with Crippen LogP contribution in [0.3, 0.4) is 0 Å². The summed E-state index contributed by atoms with van der Waals surface area (Å²) in [6, 6.07) is 10.1. The minimum Gasteiger partial charge on any atom is -0.472 e. The predicted molar refractivity (Wildman–Crippen MR) is 112 cm³/mol. The Labute approximate surface area is 176 Å². The van der Waals surface area contributed by atoms with Gasteiger partial charge in [-0.1, -0.05) is 23.9 Å². The number of hydrogen-bond donors (Lipinski definition) is 1. The van der Waals surface area contributed by atoms with Gasteiger partial charge < -0.3 is 10.1 Å². The fraction of sp³-hybridized carbons (Fsp3) is 0.350. The number of ether oxygens (including phenoxy) is 1. The number of carbonyl (C=O) groups is 1. The number of hydrogen-bond acceptors (Lipinski definition) is 8. The van der Waals surface area contributed by atoms with Crippen molar-refractivity contribution < 1.29 is 9.53 Å². The lowest BCUT2D eigenvalue weighted by Gasteiger charge is -2.29. The van der Waals surface area contributed by atoms with Crippen molar-refractivity contribution in [2.45, 2.75) is 42.2 Å². The minimum atomic E-state index is -0.0101. The van der Waals surface area contributed by atoms with Gasteiger partial charge in [0, 0.05) is 18.4 Å². The van der Waals surface area contributed by atoms with Gasteiger partial charge in [0.15, 0.2) is 4.34 Å². The normalized spacial score (nSPS) is 18.9. The zero-order valence-corrected chi connectivity index (χ0v) is 17.2. The van der Waals surface area contributed by atoms with Crippen LogP contribution in [0.1, 0.15) is 31.4 Å². The fourth-order valence-electron chi connectivity index (χ4n) is 3.28. The zero-order chi connectivity index (χ0) is 20.1. The predicted octanol–water partition coefficient (Wildman–Crippen LogP) is 3.56. The summed E-state index contributed by atoms with van der Waals surface area (Å²) in [5, 5.41) is 12.2. The maximum absolute atomic E-state index is 12.3. The Kier molecular flexibility index (Phi) is 6.22. The minimum absolute atomic E-state index is 0.0101. The Morgan fingerprint density at radius 1 is 1.24 bits per heavy atom. The third-order valence-electron chi connectivity index (χ3n) is 4.69. The van der Waals surface area contributed by atoms with E-state index in [1.165, 1.54) is 24.2 Å². The van der Waals surface area contributed by atoms with Crippen molar-refractivity contribution in [3.05, 3.63) is 42.4 Å². The molecule has 2 aromatic heterocycles. The molecule has 3 aromatic rings. The molecule has 0 bridgehead atoms. The van der Waals surface area contributed by atoms with E-state index in [0.717, 1.165) is 40.2 Å². The summed E-state index contributed by atoms with van der Waals surface area (Å²) in [6.07, 6.45) is 6.27. The molecule has 29 heavy (non-hydrogen) atoms. The van der Waals surface area contributed by atoms with Gasteiger partial charge in [0.05, 0.1) is 16.0 Å². The second-order valence-electron chi connectivity index (χ2n) is 6.72. The SMILES string of the molecule is N#Cc1nccnc1OC1CCC(NC(=O)CSc2nc3ccccc3s2)CC1. The van der Waals surface area contributed by atoms with E-state index in [4.69, 9.17) is 10.00 Å². The largest absolute Gasteiger partial charge is 0.472 e. The summed E-state index contributed by atoms with van der Waals surface area (Å²) in [7, 11) is 0. The number of thioether (sulfide) groups is 1. The second-order valence-corrected chi connectivity index (χ2v) is 8.97. The molecule has 1 saturated carbocycles. The van der Waals surface area contributed by atoms with Gasteiger partial charge in [-0.2, -0.15) is 5.26 Å². The van der Waals surface area contributed by atoms with Gasteiger partial charge in [-0.25, -0.2) is 15.0 Å². The Bertz CT molecular complexity index is 1010. The second kappa shape index (κ2) is 9.20. The highest BCUT2D eigenvalue weighted by Gasteiger charge is 2.25. The smallest absolute Gasteiger partial charge is 0.251 e. The van der Waals surface area contributed by atoms with Crippen LogP contribution < -0.4 is 10.1 Å². The van der Waals surface area contributed by atoms with E-state index >= 15 is 0 Å². The quantitative estimate of drug-likeness (QED) is 0.603. The number of carbonyl (C=O) groups excluding carboxylic acids is 1. The average molecular weight is 426 g/mol. The number of nitriles is 1. The van der Waals surface area contributed by atoms with Crippen LogP contribution in [-0.4, -0.2) is 38.8 Å². The van der Waals surface area contributed by atoms with Gasteiger partial charge in [-0.05, 0) is 37.8 Å². The lowest BCUT2D eigenvalue weighted by molar-refractivity contribution is -0.119. The van der Waals surface area contributed by atoms with Crippen molar-refractivity contribution >= 4 is 39.2 Å². The van der Waals surface area contributed by atoms with Crippen LogP contribution >= 0.6 is 23.1 Å². The van der Waals surface area contributed by atoms with Crippen LogP contribution in [0.2, 0.25) is 0 Å². The van der Waals surface area contributed by atoms with E-state index in [-0.39, 0.29) is 29.6 Å². The van der Waals surface area contributed by atoms with Crippen LogP contribution in [0.15, 0.2) is 41.0 Å². The zero-order valence-electron chi connectivity index (χ0n) is 15.6. The molecule has 2 heterocycles. The van der Waals surface area contributed by atoms with Gasteiger partial charge in [-0.3, -0.25) is 4.79 Å². The number of benzene rings is 1. The van der Waals surface area contributed by atoms with E-state index in [9.17, 15) is 4.79 Å². The summed E-state index contributed by atoms with van der Waals surface area (Å²) in [4.78, 5) is 24.9. The summed E-state index contributed by atoms with van der Waals surface area (Å²) < 4.78 is 7.89. The molecular weight excluding hydrogens is 406 g/mol. The summed E-state index contributed by atoms with van der Waals surface area (Å²) in [5.74, 6) is 0.676. The number of aromatic nitrogens is 3. The highest BCUT2D eigenvalue weighted by Crippen LogP contribution is 2.29. The van der Waals surface area contributed by atoms with Gasteiger partial charge >= 0.3 is 0 Å². The first-order valence-electron chi connectivity index (χ1n) is 9.37. The van der Waals surface area contributed by atoms with Crippen LogP contribution in [0, 0.1) is 11.3 Å². The molecule has 1 fully saturated rings. The molecule has 148 valence electrons. The Balaban J connectivity index is 1.22. The first-order chi connectivity index (χ1) is 14.2. The molecular formula is C20H19N5O2S2. The summed E-state index contributed by atoms with van der Waals surface area (Å²) >= 11 is 3.08. The molecule has 0 radical (unpaired) electrons. The van der Waals surface area contributed by atoms with Crippen LogP contribution in [0.5, 0.6) is 5.88 Å². The number of rotatable bonds is 6. The monoisotopic (exact) mass is 425 g/mol. The number of thiazole rings is 1. The van der Waals surface area contributed by atoms with E-state index in [1.54, 1.807) is 11.3 Å². The Morgan fingerprint density at radius 3 is 2.83 bits per heavy atom. The number of nitrogens with one attached hydrogen (secondary N) is 1. The van der Waals surface area contributed by atoms with E-state index < -0.39 is 0 Å². The first-order valence-corrected chi connectivity index (χ1v) is 11.2. The van der Waals surface area contributed by atoms with Crippen molar-refractivity contribution in [3.8, 4) is 11.9 Å². The first kappa shape index (κ1) is 19.6. The summed E-state index contributed by atoms with van der Waals surface area (Å²) in [6.45, 7) is 0. The number of fused-ring (bicyclic) bond motifs is 1. The van der Waals surface area contributed by atoms with Crippen molar-refractivity contribution in [1.29, 1.82) is 5.26 Å². The number of para-hydroxylation sites is 1. The molecule has 0 saturated heterocycles. The molecule has 1 N–H and O–H groups in total. The lowest BCUT2D eigenvalue weighted by Crippen LogP contribution is -2.40. The Morgan fingerprint density at radius 2 is 2.03 bits per heavy atom. The molecule has 0 unspecified atom stereocenters.